The number of pyridine rings is 1. The van der Waals surface area contributed by atoms with Gasteiger partial charge in [0.05, 0.1) is 13.7 Å². The van der Waals surface area contributed by atoms with Crippen LogP contribution in [-0.2, 0) is 21.0 Å². The van der Waals surface area contributed by atoms with E-state index in [-0.39, 0.29) is 12.6 Å². The first-order valence-electron chi connectivity index (χ1n) is 15.7. The second-order valence-corrected chi connectivity index (χ2v) is 17.5. The Hall–Kier alpha value is -4.09. The highest BCUT2D eigenvalue weighted by Crippen LogP contribution is 2.36. The maximum Gasteiger partial charge on any atom is 0.408 e. The fraction of sp³-hybridized carbons (Fsp3) is 0.444. The van der Waals surface area contributed by atoms with Crippen molar-refractivity contribution in [3.63, 3.8) is 0 Å². The first-order chi connectivity index (χ1) is 22.2. The van der Waals surface area contributed by atoms with Gasteiger partial charge in [-0.2, -0.15) is 5.10 Å². The highest BCUT2D eigenvalue weighted by Gasteiger charge is 2.27. The molecule has 0 spiro atoms. The molecule has 0 fully saturated rings. The quantitative estimate of drug-likeness (QED) is 0.170. The Bertz CT molecular complexity index is 1660. The predicted molar refractivity (Wildman–Crippen MR) is 193 cm³/mol. The molecule has 0 aliphatic carbocycles. The third kappa shape index (κ3) is 10.2. The molecule has 1 unspecified atom stereocenters. The van der Waals surface area contributed by atoms with Gasteiger partial charge in [-0.25, -0.2) is 24.5 Å². The molecule has 1 N–H and O–H groups in total. The minimum atomic E-state index is -0.939. The lowest BCUT2D eigenvalue weighted by Gasteiger charge is -2.25. The number of methoxy groups -OCH3 is 1. The van der Waals surface area contributed by atoms with Crippen LogP contribution in [0.1, 0.15) is 46.2 Å². The fourth-order valence-corrected chi connectivity index (χ4v) is 5.29. The molecule has 256 valence electrons. The molecule has 0 bridgehead atoms. The van der Waals surface area contributed by atoms with E-state index >= 15 is 0 Å². The minimum Gasteiger partial charge on any atom is -0.496 e. The van der Waals surface area contributed by atoms with Crippen LogP contribution in [0.3, 0.4) is 0 Å². The van der Waals surface area contributed by atoms with E-state index in [0.29, 0.717) is 23.6 Å². The summed E-state index contributed by atoms with van der Waals surface area (Å²) in [6.45, 7) is 10.2. The summed E-state index contributed by atoms with van der Waals surface area (Å²) < 4.78 is 18.9. The summed E-state index contributed by atoms with van der Waals surface area (Å²) in [7, 11) is 4.26. The van der Waals surface area contributed by atoms with Gasteiger partial charge in [-0.3, -0.25) is 4.79 Å². The van der Waals surface area contributed by atoms with E-state index in [1.54, 1.807) is 52.9 Å². The molecular weight excluding hydrogens is 614 g/mol. The van der Waals surface area contributed by atoms with Crippen molar-refractivity contribution in [1.82, 2.24) is 25.0 Å². The zero-order valence-corrected chi connectivity index (χ0v) is 30.5. The molecule has 2 aromatic carbocycles. The van der Waals surface area contributed by atoms with Gasteiger partial charge in [0.15, 0.2) is 5.65 Å². The van der Waals surface area contributed by atoms with Crippen molar-refractivity contribution >= 4 is 33.1 Å². The molecule has 47 heavy (non-hydrogen) atoms. The predicted octanol–water partition coefficient (Wildman–Crippen LogP) is 7.12. The van der Waals surface area contributed by atoms with Crippen molar-refractivity contribution in [3.8, 4) is 28.1 Å². The maximum absolute atomic E-state index is 13.2. The summed E-state index contributed by atoms with van der Waals surface area (Å²) in [5.74, 6) is 1.42. The number of nitrogens with zero attached hydrogens (tertiary/aromatic N) is 4. The van der Waals surface area contributed by atoms with Crippen molar-refractivity contribution in [2.45, 2.75) is 53.0 Å². The minimum absolute atomic E-state index is 0.271. The molecule has 0 aliphatic rings. The van der Waals surface area contributed by atoms with Gasteiger partial charge in [0.25, 0.3) is 0 Å². The molecule has 4 aromatic rings. The number of hydrogen-bond donors (Lipinski definition) is 1. The van der Waals surface area contributed by atoms with E-state index in [4.69, 9.17) is 24.3 Å². The lowest BCUT2D eigenvalue weighted by atomic mass is 9.98. The van der Waals surface area contributed by atoms with Crippen LogP contribution in [0.5, 0.6) is 5.75 Å². The third-order valence-electron chi connectivity index (χ3n) is 6.90. The molecule has 0 aliphatic heterocycles. The number of para-hydroxylation sites is 1. The highest BCUT2D eigenvalue weighted by atomic mass is 32.3. The van der Waals surface area contributed by atoms with Crippen LogP contribution >= 0.6 is 10.0 Å². The summed E-state index contributed by atoms with van der Waals surface area (Å²) in [4.78, 5) is 32.2. The van der Waals surface area contributed by atoms with Crippen LogP contribution in [0.2, 0.25) is 0 Å². The summed E-state index contributed by atoms with van der Waals surface area (Å²) in [5.41, 5.74) is 3.82. The number of likely N-dealkylation sites (N-methyl/N-ethyl adjacent to an activating group) is 1. The van der Waals surface area contributed by atoms with Gasteiger partial charge in [0.1, 0.15) is 29.8 Å². The zero-order valence-electron chi connectivity index (χ0n) is 29.7. The zero-order chi connectivity index (χ0) is 34.9. The van der Waals surface area contributed by atoms with Crippen molar-refractivity contribution in [1.29, 1.82) is 0 Å². The topological polar surface area (TPSA) is 108 Å². The van der Waals surface area contributed by atoms with Crippen molar-refractivity contribution in [2.75, 3.05) is 52.3 Å². The van der Waals surface area contributed by atoms with Crippen molar-refractivity contribution < 1.29 is 23.8 Å². The van der Waals surface area contributed by atoms with E-state index < -0.39 is 27.8 Å². The number of ether oxygens (including phenoxy) is 3. The van der Waals surface area contributed by atoms with E-state index in [0.717, 1.165) is 33.5 Å². The van der Waals surface area contributed by atoms with E-state index in [9.17, 15) is 9.59 Å². The Morgan fingerprint density at radius 2 is 1.70 bits per heavy atom. The average Bonchev–Trinajstić information content (AvgIpc) is 3.38. The summed E-state index contributed by atoms with van der Waals surface area (Å²) in [5, 5.41) is 8.52. The number of fused-ring (bicyclic) bond motifs is 1. The number of amides is 2. The normalized spacial score (nSPS) is 12.5. The number of aromatic nitrogens is 3. The largest absolute Gasteiger partial charge is 0.496 e. The van der Waals surface area contributed by atoms with Crippen LogP contribution in [0, 0.1) is 0 Å². The Morgan fingerprint density at radius 1 is 1.00 bits per heavy atom. The maximum atomic E-state index is 13.2. The van der Waals surface area contributed by atoms with Gasteiger partial charge in [-0.15, -0.1) is 0 Å². The summed E-state index contributed by atoms with van der Waals surface area (Å²) in [6, 6.07) is 16.4. The van der Waals surface area contributed by atoms with Gasteiger partial charge < -0.3 is 24.4 Å². The average molecular weight is 666 g/mol. The second-order valence-electron chi connectivity index (χ2n) is 12.9. The Morgan fingerprint density at radius 3 is 2.34 bits per heavy atom. The monoisotopic (exact) mass is 665 g/mol. The van der Waals surface area contributed by atoms with Crippen LogP contribution < -0.4 is 10.1 Å². The van der Waals surface area contributed by atoms with Crippen molar-refractivity contribution in [3.05, 3.63) is 66.4 Å². The molecule has 0 radical (unpaired) electrons. The van der Waals surface area contributed by atoms with Crippen LogP contribution in [-0.4, -0.2) is 89.6 Å². The number of carbonyl (C=O) groups excluding carboxylic acids is 2. The number of nitrogens with one attached hydrogen (secondary N) is 1. The lowest BCUT2D eigenvalue weighted by molar-refractivity contribution is -0.131. The van der Waals surface area contributed by atoms with Gasteiger partial charge in [-0.1, -0.05) is 44.2 Å². The van der Waals surface area contributed by atoms with Gasteiger partial charge in [-0.05, 0) is 74.9 Å². The molecule has 1 atom stereocenters. The smallest absolute Gasteiger partial charge is 0.408 e. The van der Waals surface area contributed by atoms with Crippen LogP contribution in [0.15, 0.2) is 60.8 Å². The molecule has 10 nitrogen and oxygen atoms in total. The van der Waals surface area contributed by atoms with Crippen LogP contribution in [0.4, 0.5) is 4.79 Å². The van der Waals surface area contributed by atoms with Gasteiger partial charge in [0, 0.05) is 42.6 Å². The van der Waals surface area contributed by atoms with Crippen molar-refractivity contribution in [2.24, 2.45) is 0 Å². The first kappa shape index (κ1) is 37.4. The molecule has 11 heteroatoms. The number of alkyl carbamates (subject to hydrolysis) is 1. The molecule has 4 rings (SSSR count). The standard InChI is InChI=1S/C34H45N5O5S.C2H6/c1-34(2,3)44-33(41)36-29(32(40)38(4)5)24-14-12-13-23(19-24)25-20-27-30(26-15-10-11-16-28(26)42-6)37-39(31(27)35-21-25)22-43-17-18-45(7,8)9;1-2/h10-16,19-21,29H,17-18,22H2,1-9H3,(H,36,41);1-2H3. The van der Waals surface area contributed by atoms with Gasteiger partial charge in [0.2, 0.25) is 5.91 Å². The molecule has 0 saturated heterocycles. The third-order valence-corrected chi connectivity index (χ3v) is 8.30. The fourth-order valence-electron chi connectivity index (χ4n) is 4.68. The molecule has 2 amide bonds. The second kappa shape index (κ2) is 16.1. The van der Waals surface area contributed by atoms with E-state index in [1.165, 1.54) is 4.90 Å². The molecule has 2 aromatic heterocycles. The number of hydrogen-bond acceptors (Lipinski definition) is 7. The van der Waals surface area contributed by atoms with E-state index in [2.05, 4.69) is 24.1 Å². The lowest BCUT2D eigenvalue weighted by Crippen LogP contribution is -2.42. The van der Waals surface area contributed by atoms with Crippen LogP contribution in [0.25, 0.3) is 33.4 Å². The van der Waals surface area contributed by atoms with E-state index in [1.807, 2.05) is 68.4 Å². The first-order valence-corrected chi connectivity index (χ1v) is 18.7. The number of benzene rings is 2. The Balaban J connectivity index is 0.00000294. The summed E-state index contributed by atoms with van der Waals surface area (Å²) in [6.07, 6.45) is 7.92. The SMILES string of the molecule is CC.COc1ccccc1-c1nn(COCCS(C)(C)C)c2ncc(-c3cccc(C(NC(=O)OC(C)(C)C)C(=O)N(C)C)c3)cc12. The van der Waals surface area contributed by atoms with Gasteiger partial charge >= 0.3 is 6.09 Å². The number of rotatable bonds is 11. The molecular formula is C36H51N5O5S. The Kier molecular flexibility index (Phi) is 12.8. The molecule has 2 heterocycles. The molecule has 0 saturated carbocycles. The Labute approximate surface area is 281 Å². The highest BCUT2D eigenvalue weighted by molar-refractivity contribution is 8.32. The summed E-state index contributed by atoms with van der Waals surface area (Å²) >= 11 is 0. The number of carbonyl (C=O) groups is 2.